The van der Waals surface area contributed by atoms with Crippen LogP contribution in [0.3, 0.4) is 0 Å². The lowest BCUT2D eigenvalue weighted by molar-refractivity contribution is -0.150. The molecule has 0 unspecified atom stereocenters. The fourth-order valence-corrected chi connectivity index (χ4v) is 1.02. The van der Waals surface area contributed by atoms with Crippen LogP contribution in [0.25, 0.3) is 0 Å². The van der Waals surface area contributed by atoms with Crippen molar-refractivity contribution in [2.24, 2.45) is 11.3 Å². The van der Waals surface area contributed by atoms with Crippen molar-refractivity contribution < 1.29 is 9.53 Å². The first-order chi connectivity index (χ1) is 6.10. The first kappa shape index (κ1) is 10.0. The van der Waals surface area contributed by atoms with Gasteiger partial charge in [-0.2, -0.15) is 5.26 Å². The van der Waals surface area contributed by atoms with Crippen LogP contribution in [0.4, 0.5) is 0 Å². The normalized spacial score (nSPS) is 18.9. The molecular formula is C9H14N2O2. The third kappa shape index (κ3) is 1.99. The second kappa shape index (κ2) is 3.75. The zero-order valence-corrected chi connectivity index (χ0v) is 7.96. The van der Waals surface area contributed by atoms with E-state index in [2.05, 4.69) is 5.32 Å². The van der Waals surface area contributed by atoms with E-state index in [9.17, 15) is 4.79 Å². The smallest absolute Gasteiger partial charge is 0.245 e. The second-order valence-electron chi connectivity index (χ2n) is 3.79. The molecule has 4 heteroatoms. The van der Waals surface area contributed by atoms with E-state index in [4.69, 9.17) is 10.00 Å². The van der Waals surface area contributed by atoms with Gasteiger partial charge >= 0.3 is 0 Å². The lowest BCUT2D eigenvalue weighted by Crippen LogP contribution is -2.53. The van der Waals surface area contributed by atoms with Crippen LogP contribution in [0.15, 0.2) is 0 Å². The first-order valence-corrected chi connectivity index (χ1v) is 4.38. The molecule has 1 aliphatic heterocycles. The second-order valence-corrected chi connectivity index (χ2v) is 3.79. The van der Waals surface area contributed by atoms with E-state index >= 15 is 0 Å². The topological polar surface area (TPSA) is 62.1 Å². The monoisotopic (exact) mass is 182 g/mol. The number of carbonyl (C=O) groups excluding carboxylic acids is 1. The van der Waals surface area contributed by atoms with Crippen molar-refractivity contribution in [1.29, 1.82) is 5.26 Å². The Morgan fingerprint density at radius 3 is 2.62 bits per heavy atom. The van der Waals surface area contributed by atoms with Crippen LogP contribution >= 0.6 is 0 Å². The Morgan fingerprint density at radius 1 is 1.69 bits per heavy atom. The summed E-state index contributed by atoms with van der Waals surface area (Å²) in [5.41, 5.74) is -0.908. The Balaban J connectivity index is 2.43. The third-order valence-corrected chi connectivity index (χ3v) is 2.02. The molecule has 1 rings (SSSR count). The molecule has 0 aromatic carbocycles. The average molecular weight is 182 g/mol. The van der Waals surface area contributed by atoms with E-state index in [1.165, 1.54) is 0 Å². The number of hydrogen-bond donors (Lipinski definition) is 1. The van der Waals surface area contributed by atoms with E-state index in [-0.39, 0.29) is 19.1 Å². The molecule has 0 spiro atoms. The van der Waals surface area contributed by atoms with E-state index in [0.717, 1.165) is 0 Å². The summed E-state index contributed by atoms with van der Waals surface area (Å²) >= 11 is 0. The summed E-state index contributed by atoms with van der Waals surface area (Å²) < 4.78 is 4.87. The molecular weight excluding hydrogens is 168 g/mol. The number of carbonyl (C=O) groups is 1. The molecule has 4 nitrogen and oxygen atoms in total. The van der Waals surface area contributed by atoms with Crippen LogP contribution in [0.2, 0.25) is 0 Å². The highest BCUT2D eigenvalue weighted by Crippen LogP contribution is 2.26. The number of amides is 1. The van der Waals surface area contributed by atoms with Gasteiger partial charge in [0, 0.05) is 6.54 Å². The summed E-state index contributed by atoms with van der Waals surface area (Å²) in [4.78, 5) is 11.5. The standard InChI is InChI=1S/C9H14N2O2/c1-7(2)3-11-8(12)9(4-10)5-13-6-9/h7H,3,5-6H2,1-2H3,(H,11,12). The van der Waals surface area contributed by atoms with Crippen LogP contribution < -0.4 is 5.32 Å². The van der Waals surface area contributed by atoms with Crippen molar-refractivity contribution in [3.8, 4) is 6.07 Å². The summed E-state index contributed by atoms with van der Waals surface area (Å²) in [7, 11) is 0. The summed E-state index contributed by atoms with van der Waals surface area (Å²) in [5, 5.41) is 11.5. The lowest BCUT2D eigenvalue weighted by Gasteiger charge is -2.33. The molecule has 0 atom stereocenters. The molecule has 0 aliphatic carbocycles. The number of nitriles is 1. The van der Waals surface area contributed by atoms with Crippen LogP contribution in [0, 0.1) is 22.7 Å². The number of hydrogen-bond acceptors (Lipinski definition) is 3. The molecule has 0 aromatic rings. The van der Waals surface area contributed by atoms with Crippen molar-refractivity contribution >= 4 is 5.91 Å². The average Bonchev–Trinajstić information content (AvgIpc) is 2.00. The summed E-state index contributed by atoms with van der Waals surface area (Å²) in [6.07, 6.45) is 0. The number of nitrogens with zero attached hydrogens (tertiary/aromatic N) is 1. The van der Waals surface area contributed by atoms with Gasteiger partial charge < -0.3 is 10.1 Å². The quantitative estimate of drug-likeness (QED) is 0.682. The largest absolute Gasteiger partial charge is 0.377 e. The van der Waals surface area contributed by atoms with E-state index in [1.54, 1.807) is 0 Å². The van der Waals surface area contributed by atoms with Crippen LogP contribution in [-0.4, -0.2) is 25.7 Å². The van der Waals surface area contributed by atoms with Crippen LogP contribution in [-0.2, 0) is 9.53 Å². The van der Waals surface area contributed by atoms with E-state index in [0.29, 0.717) is 12.5 Å². The lowest BCUT2D eigenvalue weighted by atomic mass is 9.87. The first-order valence-electron chi connectivity index (χ1n) is 4.38. The molecule has 72 valence electrons. The van der Waals surface area contributed by atoms with Gasteiger partial charge in [-0.15, -0.1) is 0 Å². The number of nitrogens with one attached hydrogen (secondary N) is 1. The van der Waals surface area contributed by atoms with Gasteiger partial charge in [-0.25, -0.2) is 0 Å². The van der Waals surface area contributed by atoms with Crippen molar-refractivity contribution in [1.82, 2.24) is 5.32 Å². The SMILES string of the molecule is CC(C)CNC(=O)C1(C#N)COC1. The maximum Gasteiger partial charge on any atom is 0.245 e. The highest BCUT2D eigenvalue weighted by atomic mass is 16.5. The van der Waals surface area contributed by atoms with Gasteiger partial charge in [-0.1, -0.05) is 13.8 Å². The Bertz CT molecular complexity index is 238. The minimum absolute atomic E-state index is 0.199. The molecule has 1 amide bonds. The highest BCUT2D eigenvalue weighted by Gasteiger charge is 2.46. The van der Waals surface area contributed by atoms with Gasteiger partial charge in [0.25, 0.3) is 0 Å². The molecule has 0 radical (unpaired) electrons. The molecule has 1 heterocycles. The van der Waals surface area contributed by atoms with Gasteiger partial charge in [0.1, 0.15) is 0 Å². The Hall–Kier alpha value is -1.08. The molecule has 0 bridgehead atoms. The van der Waals surface area contributed by atoms with Gasteiger partial charge in [-0.3, -0.25) is 4.79 Å². The van der Waals surface area contributed by atoms with Gasteiger partial charge in [0.2, 0.25) is 5.91 Å². The van der Waals surface area contributed by atoms with E-state index in [1.807, 2.05) is 19.9 Å². The highest BCUT2D eigenvalue weighted by molar-refractivity contribution is 5.86. The van der Waals surface area contributed by atoms with Gasteiger partial charge in [0.05, 0.1) is 19.3 Å². The Morgan fingerprint density at radius 2 is 2.31 bits per heavy atom. The van der Waals surface area contributed by atoms with Crippen LogP contribution in [0.1, 0.15) is 13.8 Å². The maximum atomic E-state index is 11.5. The third-order valence-electron chi connectivity index (χ3n) is 2.02. The predicted octanol–water partition coefficient (Wildman–Crippen LogP) is 0.299. The fourth-order valence-electron chi connectivity index (χ4n) is 1.02. The van der Waals surface area contributed by atoms with Crippen molar-refractivity contribution in [3.63, 3.8) is 0 Å². The Kier molecular flexibility index (Phi) is 2.89. The van der Waals surface area contributed by atoms with E-state index < -0.39 is 5.41 Å². The Labute approximate surface area is 77.9 Å². The van der Waals surface area contributed by atoms with Crippen LogP contribution in [0.5, 0.6) is 0 Å². The number of rotatable bonds is 3. The van der Waals surface area contributed by atoms with Crippen molar-refractivity contribution in [3.05, 3.63) is 0 Å². The zero-order valence-electron chi connectivity index (χ0n) is 7.96. The number of ether oxygens (including phenoxy) is 1. The fraction of sp³-hybridized carbons (Fsp3) is 0.778. The summed E-state index contributed by atoms with van der Waals surface area (Å²) in [6.45, 7) is 5.09. The van der Waals surface area contributed by atoms with Gasteiger partial charge in [-0.05, 0) is 5.92 Å². The molecule has 0 saturated carbocycles. The molecule has 1 N–H and O–H groups in total. The summed E-state index contributed by atoms with van der Waals surface area (Å²) in [6, 6.07) is 2.00. The predicted molar refractivity (Wildman–Crippen MR) is 46.7 cm³/mol. The molecule has 1 aliphatic rings. The van der Waals surface area contributed by atoms with Crippen molar-refractivity contribution in [2.45, 2.75) is 13.8 Å². The molecule has 1 saturated heterocycles. The minimum atomic E-state index is -0.908. The zero-order chi connectivity index (χ0) is 9.90. The van der Waals surface area contributed by atoms with Crippen molar-refractivity contribution in [2.75, 3.05) is 19.8 Å². The maximum absolute atomic E-state index is 11.5. The summed E-state index contributed by atoms with van der Waals surface area (Å²) in [5.74, 6) is 0.204. The minimum Gasteiger partial charge on any atom is -0.377 e. The van der Waals surface area contributed by atoms with Gasteiger partial charge in [0.15, 0.2) is 5.41 Å². The molecule has 0 aromatic heterocycles. The molecule has 1 fully saturated rings. The molecule has 13 heavy (non-hydrogen) atoms.